The maximum atomic E-state index is 5.81. The quantitative estimate of drug-likeness (QED) is 0.378. The lowest BCUT2D eigenvalue weighted by Gasteiger charge is -2.06. The van der Waals surface area contributed by atoms with Crippen molar-refractivity contribution in [1.29, 1.82) is 0 Å². The van der Waals surface area contributed by atoms with Crippen LogP contribution in [0.1, 0.15) is 64.0 Å². The zero-order valence-corrected chi connectivity index (χ0v) is 14.6. The van der Waals surface area contributed by atoms with Crippen LogP contribution in [-0.4, -0.2) is 11.7 Å². The van der Waals surface area contributed by atoms with E-state index in [1.807, 2.05) is 0 Å². The smallest absolute Gasteiger partial charge is 0.171 e. The fourth-order valence-electron chi connectivity index (χ4n) is 3.26. The summed E-state index contributed by atoms with van der Waals surface area (Å²) in [6.45, 7) is 7.25. The van der Waals surface area contributed by atoms with Gasteiger partial charge in [-0.2, -0.15) is 4.89 Å². The zero-order chi connectivity index (χ0) is 16.3. The maximum Gasteiger partial charge on any atom is 0.171 e. The average Bonchev–Trinajstić information content (AvgIpc) is 3.01. The normalized spacial score (nSPS) is 26.0. The predicted molar refractivity (Wildman–Crippen MR) is 91.4 cm³/mol. The molecule has 0 amide bonds. The highest BCUT2D eigenvalue weighted by Crippen LogP contribution is 2.42. The Bertz CT molecular complexity index is 578. The standard InChI is InChI=1S/C20H28O3/c1-4-15(10-12-19-20(3,5-2)22-19)7-6-8-16-9-11-17-14-21-23-18(17)13-16/h7,9,11,13,19H,4-6,8,10,12,14H2,1-3H3/b15-7+. The van der Waals surface area contributed by atoms with Crippen LogP contribution in [0.15, 0.2) is 29.8 Å². The lowest BCUT2D eigenvalue weighted by molar-refractivity contribution is -0.194. The highest BCUT2D eigenvalue weighted by Gasteiger charge is 2.49. The molecule has 3 rings (SSSR count). The molecule has 1 fully saturated rings. The number of hydrogen-bond acceptors (Lipinski definition) is 3. The predicted octanol–water partition coefficient (Wildman–Crippen LogP) is 5.13. The van der Waals surface area contributed by atoms with E-state index >= 15 is 0 Å². The van der Waals surface area contributed by atoms with Crippen LogP contribution in [0, 0.1) is 0 Å². The van der Waals surface area contributed by atoms with E-state index in [0.717, 1.165) is 49.8 Å². The summed E-state index contributed by atoms with van der Waals surface area (Å²) < 4.78 is 5.81. The summed E-state index contributed by atoms with van der Waals surface area (Å²) in [6.07, 6.45) is 9.59. The zero-order valence-electron chi connectivity index (χ0n) is 14.6. The van der Waals surface area contributed by atoms with Gasteiger partial charge in [-0.15, -0.1) is 0 Å². The van der Waals surface area contributed by atoms with E-state index in [2.05, 4.69) is 45.0 Å². The van der Waals surface area contributed by atoms with Crippen LogP contribution in [0.25, 0.3) is 0 Å². The monoisotopic (exact) mass is 316 g/mol. The first-order valence-corrected chi connectivity index (χ1v) is 8.91. The number of benzene rings is 1. The second-order valence-corrected chi connectivity index (χ2v) is 6.85. The van der Waals surface area contributed by atoms with Crippen molar-refractivity contribution in [2.24, 2.45) is 0 Å². The molecule has 3 heteroatoms. The Morgan fingerprint density at radius 1 is 1.35 bits per heavy atom. The molecule has 0 radical (unpaired) electrons. The van der Waals surface area contributed by atoms with E-state index in [9.17, 15) is 0 Å². The number of rotatable bonds is 8. The molecule has 1 saturated heterocycles. The Morgan fingerprint density at radius 2 is 2.22 bits per heavy atom. The van der Waals surface area contributed by atoms with Gasteiger partial charge in [-0.3, -0.25) is 0 Å². The van der Waals surface area contributed by atoms with Gasteiger partial charge < -0.3 is 9.62 Å². The highest BCUT2D eigenvalue weighted by molar-refractivity contribution is 5.38. The fraction of sp³-hybridized carbons (Fsp3) is 0.600. The first-order chi connectivity index (χ1) is 11.1. The molecular weight excluding hydrogens is 288 g/mol. The second kappa shape index (κ2) is 7.06. The molecule has 1 aromatic carbocycles. The molecule has 126 valence electrons. The minimum absolute atomic E-state index is 0.158. The first kappa shape index (κ1) is 16.5. The van der Waals surface area contributed by atoms with E-state index in [4.69, 9.17) is 14.5 Å². The minimum atomic E-state index is 0.158. The summed E-state index contributed by atoms with van der Waals surface area (Å²) in [5, 5.41) is 0. The van der Waals surface area contributed by atoms with Gasteiger partial charge in [-0.1, -0.05) is 37.6 Å². The maximum absolute atomic E-state index is 5.81. The van der Waals surface area contributed by atoms with E-state index in [1.54, 1.807) is 5.57 Å². The van der Waals surface area contributed by atoms with Crippen LogP contribution in [0.4, 0.5) is 0 Å². The van der Waals surface area contributed by atoms with Gasteiger partial charge in [0, 0.05) is 5.56 Å². The number of hydrogen-bond donors (Lipinski definition) is 0. The Morgan fingerprint density at radius 3 is 2.96 bits per heavy atom. The number of epoxide rings is 1. The second-order valence-electron chi connectivity index (χ2n) is 6.85. The first-order valence-electron chi connectivity index (χ1n) is 8.91. The number of fused-ring (bicyclic) bond motifs is 1. The third-order valence-corrected chi connectivity index (χ3v) is 5.28. The Hall–Kier alpha value is -1.32. The summed E-state index contributed by atoms with van der Waals surface area (Å²) >= 11 is 0. The van der Waals surface area contributed by atoms with Crippen LogP contribution in [0.5, 0.6) is 5.75 Å². The molecule has 3 nitrogen and oxygen atoms in total. The van der Waals surface area contributed by atoms with Gasteiger partial charge in [-0.25, -0.2) is 0 Å². The van der Waals surface area contributed by atoms with Crippen LogP contribution in [0.2, 0.25) is 0 Å². The van der Waals surface area contributed by atoms with Gasteiger partial charge in [0.1, 0.15) is 6.61 Å². The summed E-state index contributed by atoms with van der Waals surface area (Å²) in [4.78, 5) is 10.2. The number of ether oxygens (including phenoxy) is 1. The van der Waals surface area contributed by atoms with E-state index in [0.29, 0.717) is 12.7 Å². The van der Waals surface area contributed by atoms with Crippen LogP contribution in [-0.2, 0) is 22.7 Å². The molecule has 23 heavy (non-hydrogen) atoms. The third-order valence-electron chi connectivity index (χ3n) is 5.28. The molecule has 2 aliphatic heterocycles. The van der Waals surface area contributed by atoms with Crippen LogP contribution >= 0.6 is 0 Å². The molecular formula is C20H28O3. The van der Waals surface area contributed by atoms with E-state index in [-0.39, 0.29) is 5.60 Å². The minimum Gasteiger partial charge on any atom is -0.366 e. The summed E-state index contributed by atoms with van der Waals surface area (Å²) in [7, 11) is 0. The fourth-order valence-corrected chi connectivity index (χ4v) is 3.26. The van der Waals surface area contributed by atoms with Gasteiger partial charge in [0.05, 0.1) is 11.7 Å². The van der Waals surface area contributed by atoms with E-state index in [1.165, 1.54) is 5.56 Å². The van der Waals surface area contributed by atoms with Crippen molar-refractivity contribution in [2.45, 2.75) is 77.6 Å². The van der Waals surface area contributed by atoms with Crippen LogP contribution in [0.3, 0.4) is 0 Å². The molecule has 0 spiro atoms. The Balaban J connectivity index is 1.46. The molecule has 0 saturated carbocycles. The SMILES string of the molecule is CC/C(=C\CCc1ccc2c(c1)OOC2)CCC1OC1(C)CC. The topological polar surface area (TPSA) is 31.0 Å². The molecule has 0 aromatic heterocycles. The van der Waals surface area contributed by atoms with Crippen molar-refractivity contribution in [3.05, 3.63) is 41.0 Å². The van der Waals surface area contributed by atoms with Crippen LogP contribution < -0.4 is 4.89 Å². The summed E-state index contributed by atoms with van der Waals surface area (Å²) in [5.74, 6) is 0.881. The van der Waals surface area contributed by atoms with Gasteiger partial charge in [-0.05, 0) is 57.1 Å². The molecule has 2 unspecified atom stereocenters. The van der Waals surface area contributed by atoms with Crippen molar-refractivity contribution in [2.75, 3.05) is 0 Å². The number of allylic oxidation sites excluding steroid dienone is 2. The molecule has 2 heterocycles. The van der Waals surface area contributed by atoms with Gasteiger partial charge >= 0.3 is 0 Å². The summed E-state index contributed by atoms with van der Waals surface area (Å²) in [5.41, 5.74) is 4.16. The molecule has 2 atom stereocenters. The van der Waals surface area contributed by atoms with Crippen molar-refractivity contribution in [3.8, 4) is 5.75 Å². The van der Waals surface area contributed by atoms with Crippen molar-refractivity contribution in [3.63, 3.8) is 0 Å². The lowest BCUT2D eigenvalue weighted by Crippen LogP contribution is -2.07. The van der Waals surface area contributed by atoms with Gasteiger partial charge in [0.25, 0.3) is 0 Å². The highest BCUT2D eigenvalue weighted by atomic mass is 17.2. The third kappa shape index (κ3) is 3.96. The lowest BCUT2D eigenvalue weighted by atomic mass is 9.97. The Kier molecular flexibility index (Phi) is 5.08. The van der Waals surface area contributed by atoms with Gasteiger partial charge in [0.2, 0.25) is 0 Å². The molecule has 1 aromatic rings. The summed E-state index contributed by atoms with van der Waals surface area (Å²) in [6, 6.07) is 6.39. The average molecular weight is 316 g/mol. The van der Waals surface area contributed by atoms with Crippen molar-refractivity contribution in [1.82, 2.24) is 0 Å². The molecule has 0 N–H and O–H groups in total. The molecule has 0 aliphatic carbocycles. The largest absolute Gasteiger partial charge is 0.366 e. The van der Waals surface area contributed by atoms with Gasteiger partial charge in [0.15, 0.2) is 5.75 Å². The van der Waals surface area contributed by atoms with Crippen molar-refractivity contribution < 1.29 is 14.5 Å². The molecule has 2 aliphatic rings. The number of aryl methyl sites for hydroxylation is 1. The van der Waals surface area contributed by atoms with E-state index < -0.39 is 0 Å². The van der Waals surface area contributed by atoms with Crippen molar-refractivity contribution >= 4 is 0 Å². The molecule has 0 bridgehead atoms. The Labute approximate surface area is 139 Å².